The van der Waals surface area contributed by atoms with Gasteiger partial charge in [0.1, 0.15) is 0 Å². The van der Waals surface area contributed by atoms with E-state index in [0.717, 1.165) is 35.5 Å². The van der Waals surface area contributed by atoms with E-state index in [9.17, 15) is 9.59 Å². The summed E-state index contributed by atoms with van der Waals surface area (Å²) in [6.07, 6.45) is 10.2. The molecule has 0 bridgehead atoms. The fourth-order valence-electron chi connectivity index (χ4n) is 5.22. The van der Waals surface area contributed by atoms with Crippen LogP contribution in [0.5, 0.6) is 0 Å². The average Bonchev–Trinajstić information content (AvgIpc) is 2.92. The van der Waals surface area contributed by atoms with Gasteiger partial charge in [0.2, 0.25) is 0 Å². The topological polar surface area (TPSA) is 49.4 Å². The first-order valence-corrected chi connectivity index (χ1v) is 16.2. The van der Waals surface area contributed by atoms with Crippen molar-refractivity contribution >= 4 is 41.4 Å². The number of rotatable bonds is 11. The number of nitrogens with one attached hydrogen (secondary N) is 1. The molecule has 1 saturated carbocycles. The summed E-state index contributed by atoms with van der Waals surface area (Å²) in [5.41, 5.74) is 5.34. The molecule has 6 heteroatoms. The molecule has 2 amide bonds. The number of hydrogen-bond acceptors (Lipinski definition) is 4. The van der Waals surface area contributed by atoms with E-state index in [1.54, 1.807) is 11.8 Å². The molecule has 2 aromatic rings. The SMILES string of the molecule is CCCCSCCCNC(=O)c1ccc(/C=C2\SC3CCCCC3N(Cc3cc(C)ccc3C)C2=O)cc1. The summed E-state index contributed by atoms with van der Waals surface area (Å²) in [5.74, 6) is 2.39. The summed E-state index contributed by atoms with van der Waals surface area (Å²) < 4.78 is 0. The lowest BCUT2D eigenvalue weighted by Crippen LogP contribution is -2.50. The first kappa shape index (κ1) is 28.8. The van der Waals surface area contributed by atoms with Crippen LogP contribution in [0.4, 0.5) is 0 Å². The molecule has 1 N–H and O–H groups in total. The van der Waals surface area contributed by atoms with Crippen molar-refractivity contribution in [1.82, 2.24) is 10.2 Å². The highest BCUT2D eigenvalue weighted by Gasteiger charge is 2.40. The van der Waals surface area contributed by atoms with Crippen molar-refractivity contribution in [3.05, 3.63) is 75.2 Å². The van der Waals surface area contributed by atoms with Crippen LogP contribution < -0.4 is 5.32 Å². The van der Waals surface area contributed by atoms with Crippen molar-refractivity contribution in [2.24, 2.45) is 0 Å². The Morgan fingerprint density at radius 2 is 1.84 bits per heavy atom. The molecule has 2 atom stereocenters. The van der Waals surface area contributed by atoms with Gasteiger partial charge >= 0.3 is 0 Å². The van der Waals surface area contributed by atoms with Crippen LogP contribution in [-0.4, -0.2) is 46.1 Å². The van der Waals surface area contributed by atoms with Crippen LogP contribution in [0.2, 0.25) is 0 Å². The second kappa shape index (κ2) is 14.3. The van der Waals surface area contributed by atoms with Gasteiger partial charge in [-0.1, -0.05) is 62.1 Å². The number of amides is 2. The molecule has 1 aliphatic heterocycles. The van der Waals surface area contributed by atoms with E-state index in [1.165, 1.54) is 48.1 Å². The molecule has 4 rings (SSSR count). The molecule has 0 aromatic heterocycles. The Labute approximate surface area is 237 Å². The highest BCUT2D eigenvalue weighted by atomic mass is 32.2. The van der Waals surface area contributed by atoms with Crippen molar-refractivity contribution in [1.29, 1.82) is 0 Å². The quantitative estimate of drug-likeness (QED) is 0.234. The third-order valence-corrected chi connectivity index (χ3v) is 10.1. The minimum Gasteiger partial charge on any atom is -0.352 e. The fourth-order valence-corrected chi connectivity index (χ4v) is 7.74. The summed E-state index contributed by atoms with van der Waals surface area (Å²) in [4.78, 5) is 29.3. The molecule has 2 unspecified atom stereocenters. The molecule has 38 heavy (non-hydrogen) atoms. The lowest BCUT2D eigenvalue weighted by Gasteiger charge is -2.44. The second-order valence-corrected chi connectivity index (χ2v) is 13.1. The third-order valence-electron chi connectivity index (χ3n) is 7.53. The van der Waals surface area contributed by atoms with Crippen LogP contribution >= 0.6 is 23.5 Å². The lowest BCUT2D eigenvalue weighted by atomic mass is 9.92. The standard InChI is InChI=1S/C32H42N2O2S2/c1-4-5-18-37-19-8-17-33-31(35)26-15-13-25(14-16-26)21-30-32(36)34(28-9-6-7-10-29(28)38-30)22-27-20-23(2)11-12-24(27)3/h11-16,20-21,28-29H,4-10,17-19,22H2,1-3H3,(H,33,35)/b30-21-. The van der Waals surface area contributed by atoms with Crippen molar-refractivity contribution < 1.29 is 9.59 Å². The van der Waals surface area contributed by atoms with E-state index in [4.69, 9.17) is 0 Å². The van der Waals surface area contributed by atoms with Gasteiger partial charge in [-0.2, -0.15) is 11.8 Å². The zero-order valence-corrected chi connectivity index (χ0v) is 24.8. The number of nitrogens with zero attached hydrogens (tertiary/aromatic N) is 1. The monoisotopic (exact) mass is 550 g/mol. The van der Waals surface area contributed by atoms with Gasteiger partial charge in [0.25, 0.3) is 11.8 Å². The number of carbonyl (C=O) groups is 2. The van der Waals surface area contributed by atoms with Gasteiger partial charge in [0, 0.05) is 29.9 Å². The van der Waals surface area contributed by atoms with Crippen LogP contribution in [0.3, 0.4) is 0 Å². The summed E-state index contributed by atoms with van der Waals surface area (Å²) in [7, 11) is 0. The van der Waals surface area contributed by atoms with Crippen LogP contribution in [-0.2, 0) is 11.3 Å². The van der Waals surface area contributed by atoms with Gasteiger partial charge in [0.15, 0.2) is 0 Å². The first-order chi connectivity index (χ1) is 18.5. The van der Waals surface area contributed by atoms with E-state index < -0.39 is 0 Å². The van der Waals surface area contributed by atoms with Crippen molar-refractivity contribution in [2.45, 2.75) is 83.6 Å². The van der Waals surface area contributed by atoms with Crippen LogP contribution in [0.15, 0.2) is 47.4 Å². The summed E-state index contributed by atoms with van der Waals surface area (Å²) >= 11 is 3.72. The maximum Gasteiger partial charge on any atom is 0.260 e. The molecule has 1 aliphatic carbocycles. The van der Waals surface area contributed by atoms with Gasteiger partial charge in [-0.25, -0.2) is 0 Å². The maximum absolute atomic E-state index is 13.8. The first-order valence-electron chi connectivity index (χ1n) is 14.2. The average molecular weight is 551 g/mol. The Morgan fingerprint density at radius 3 is 2.63 bits per heavy atom. The Hall–Kier alpha value is -2.18. The number of aryl methyl sites for hydroxylation is 2. The van der Waals surface area contributed by atoms with Gasteiger partial charge in [-0.15, -0.1) is 11.8 Å². The van der Waals surface area contributed by atoms with E-state index >= 15 is 0 Å². The van der Waals surface area contributed by atoms with Crippen molar-refractivity contribution in [3.8, 4) is 0 Å². The minimum absolute atomic E-state index is 0.0318. The molecule has 2 fully saturated rings. The summed E-state index contributed by atoms with van der Waals surface area (Å²) in [6, 6.07) is 14.5. The predicted molar refractivity (Wildman–Crippen MR) is 164 cm³/mol. The summed E-state index contributed by atoms with van der Waals surface area (Å²) in [6.45, 7) is 7.83. The van der Waals surface area contributed by atoms with E-state index in [2.05, 4.69) is 49.2 Å². The predicted octanol–water partition coefficient (Wildman–Crippen LogP) is 7.38. The maximum atomic E-state index is 13.8. The van der Waals surface area contributed by atoms with E-state index in [1.807, 2.05) is 42.1 Å². The third kappa shape index (κ3) is 7.69. The minimum atomic E-state index is -0.0318. The number of thioether (sulfide) groups is 2. The zero-order chi connectivity index (χ0) is 26.9. The van der Waals surface area contributed by atoms with Crippen LogP contribution in [0.25, 0.3) is 6.08 Å². The molecule has 0 spiro atoms. The largest absolute Gasteiger partial charge is 0.352 e. The highest BCUT2D eigenvalue weighted by Crippen LogP contribution is 2.43. The molecule has 1 heterocycles. The smallest absolute Gasteiger partial charge is 0.260 e. The molecular weight excluding hydrogens is 508 g/mol. The van der Waals surface area contributed by atoms with Gasteiger partial charge in [-0.05, 0) is 85.9 Å². The number of carbonyl (C=O) groups excluding carboxylic acids is 2. The Bertz CT molecular complexity index is 1130. The number of unbranched alkanes of at least 4 members (excludes halogenated alkanes) is 1. The molecule has 2 aromatic carbocycles. The number of fused-ring (bicyclic) bond motifs is 1. The van der Waals surface area contributed by atoms with Crippen molar-refractivity contribution in [2.75, 3.05) is 18.1 Å². The molecular formula is C32H42N2O2S2. The highest BCUT2D eigenvalue weighted by molar-refractivity contribution is 8.04. The number of benzene rings is 2. The van der Waals surface area contributed by atoms with Gasteiger partial charge in [-0.3, -0.25) is 9.59 Å². The molecule has 0 radical (unpaired) electrons. The Balaban J connectivity index is 1.41. The zero-order valence-electron chi connectivity index (χ0n) is 23.1. The number of hydrogen-bond donors (Lipinski definition) is 1. The van der Waals surface area contributed by atoms with E-state index in [-0.39, 0.29) is 11.8 Å². The van der Waals surface area contributed by atoms with Crippen molar-refractivity contribution in [3.63, 3.8) is 0 Å². The second-order valence-electron chi connectivity index (χ2n) is 10.6. The molecule has 2 aliphatic rings. The molecule has 204 valence electrons. The lowest BCUT2D eigenvalue weighted by molar-refractivity contribution is -0.130. The van der Waals surface area contributed by atoms with Crippen LogP contribution in [0, 0.1) is 13.8 Å². The summed E-state index contributed by atoms with van der Waals surface area (Å²) in [5, 5.41) is 3.48. The van der Waals surface area contributed by atoms with Gasteiger partial charge < -0.3 is 10.2 Å². The normalized spacial score (nSPS) is 20.4. The molecule has 4 nitrogen and oxygen atoms in total. The fraction of sp³-hybridized carbons (Fsp3) is 0.500. The Kier molecular flexibility index (Phi) is 10.8. The van der Waals surface area contributed by atoms with E-state index in [0.29, 0.717) is 29.9 Å². The van der Waals surface area contributed by atoms with Gasteiger partial charge in [0.05, 0.1) is 4.91 Å². The molecule has 1 saturated heterocycles. The Morgan fingerprint density at radius 1 is 1.08 bits per heavy atom. The van der Waals surface area contributed by atoms with Crippen LogP contribution in [0.1, 0.15) is 84.5 Å².